The molecule has 1 amide bonds. The number of benzene rings is 2. The number of hydrogen-bond donors (Lipinski definition) is 2. The molecule has 2 N–H and O–H groups in total. The van der Waals surface area contributed by atoms with Crippen molar-refractivity contribution in [3.8, 4) is 5.75 Å². The summed E-state index contributed by atoms with van der Waals surface area (Å²) in [5.74, 6) is -7.20. The van der Waals surface area contributed by atoms with Crippen molar-refractivity contribution in [2.45, 2.75) is 6.54 Å². The molecule has 0 saturated carbocycles. The van der Waals surface area contributed by atoms with Crippen LogP contribution in [0.3, 0.4) is 0 Å². The van der Waals surface area contributed by atoms with Gasteiger partial charge in [-0.05, 0) is 17.7 Å². The summed E-state index contributed by atoms with van der Waals surface area (Å²) in [6.45, 7) is 0.0550. The summed E-state index contributed by atoms with van der Waals surface area (Å²) in [6.07, 6.45) is 0. The van der Waals surface area contributed by atoms with E-state index in [0.717, 1.165) is 10.0 Å². The molecule has 0 aliphatic rings. The van der Waals surface area contributed by atoms with Crippen LogP contribution in [0.5, 0.6) is 5.75 Å². The first kappa shape index (κ1) is 15.4. The minimum Gasteiger partial charge on any atom is -0.503 e. The zero-order chi connectivity index (χ0) is 15.6. The quantitative estimate of drug-likeness (QED) is 0.824. The van der Waals surface area contributed by atoms with Crippen LogP contribution < -0.4 is 5.32 Å². The molecule has 0 bridgehead atoms. The summed E-state index contributed by atoms with van der Waals surface area (Å²) in [7, 11) is 0. The van der Waals surface area contributed by atoms with Crippen LogP contribution in [0.15, 0.2) is 34.8 Å². The Kier molecular flexibility index (Phi) is 4.52. The van der Waals surface area contributed by atoms with E-state index >= 15 is 0 Å². The van der Waals surface area contributed by atoms with Crippen LogP contribution >= 0.6 is 15.9 Å². The number of halogens is 4. The van der Waals surface area contributed by atoms with Gasteiger partial charge in [0.25, 0.3) is 5.91 Å². The lowest BCUT2D eigenvalue weighted by Crippen LogP contribution is -2.24. The Morgan fingerprint density at radius 1 is 1.19 bits per heavy atom. The van der Waals surface area contributed by atoms with E-state index in [4.69, 9.17) is 5.11 Å². The maximum atomic E-state index is 13.6. The topological polar surface area (TPSA) is 49.3 Å². The second-order valence-electron chi connectivity index (χ2n) is 4.16. The van der Waals surface area contributed by atoms with Crippen LogP contribution in [0.4, 0.5) is 13.2 Å². The molecule has 0 aromatic heterocycles. The van der Waals surface area contributed by atoms with E-state index < -0.39 is 34.7 Å². The molecule has 2 aromatic carbocycles. The van der Waals surface area contributed by atoms with E-state index in [2.05, 4.69) is 21.2 Å². The molecule has 0 spiro atoms. The smallest absolute Gasteiger partial charge is 0.254 e. The summed E-state index contributed by atoms with van der Waals surface area (Å²) < 4.78 is 40.4. The van der Waals surface area contributed by atoms with E-state index in [1.54, 1.807) is 24.3 Å². The molecule has 2 rings (SSSR count). The van der Waals surface area contributed by atoms with Gasteiger partial charge in [-0.2, -0.15) is 4.39 Å². The molecule has 2 aromatic rings. The third-order valence-electron chi connectivity index (χ3n) is 2.77. The third-order valence-corrected chi connectivity index (χ3v) is 3.55. The summed E-state index contributed by atoms with van der Waals surface area (Å²) >= 11 is 3.27. The highest BCUT2D eigenvalue weighted by Crippen LogP contribution is 2.26. The van der Waals surface area contributed by atoms with Gasteiger partial charge in [-0.25, -0.2) is 8.78 Å². The van der Waals surface area contributed by atoms with E-state index in [1.807, 2.05) is 0 Å². The van der Waals surface area contributed by atoms with Crippen molar-refractivity contribution < 1.29 is 23.1 Å². The van der Waals surface area contributed by atoms with Crippen molar-refractivity contribution >= 4 is 21.8 Å². The highest BCUT2D eigenvalue weighted by atomic mass is 79.9. The average Bonchev–Trinajstić information content (AvgIpc) is 2.47. The van der Waals surface area contributed by atoms with Crippen LogP contribution in [-0.4, -0.2) is 11.0 Å². The molecule has 0 unspecified atom stereocenters. The molecule has 110 valence electrons. The summed E-state index contributed by atoms with van der Waals surface area (Å²) in [5.41, 5.74) is -0.0449. The molecular weight excluding hydrogens is 351 g/mol. The number of nitrogens with one attached hydrogen (secondary N) is 1. The van der Waals surface area contributed by atoms with Gasteiger partial charge in [0.2, 0.25) is 5.82 Å². The SMILES string of the molecule is O=C(NCc1ccccc1Br)c1cc(F)c(F)c(O)c1F. The van der Waals surface area contributed by atoms with Crippen molar-refractivity contribution in [1.82, 2.24) is 5.32 Å². The lowest BCUT2D eigenvalue weighted by atomic mass is 10.1. The Balaban J connectivity index is 2.20. The van der Waals surface area contributed by atoms with Gasteiger partial charge in [-0.3, -0.25) is 4.79 Å². The van der Waals surface area contributed by atoms with E-state index in [0.29, 0.717) is 6.07 Å². The number of amides is 1. The zero-order valence-electron chi connectivity index (χ0n) is 10.5. The van der Waals surface area contributed by atoms with Gasteiger partial charge in [-0.15, -0.1) is 0 Å². The van der Waals surface area contributed by atoms with Gasteiger partial charge < -0.3 is 10.4 Å². The van der Waals surface area contributed by atoms with Gasteiger partial charge in [-0.1, -0.05) is 34.1 Å². The maximum Gasteiger partial charge on any atom is 0.254 e. The molecule has 0 aliphatic heterocycles. The first-order chi connectivity index (χ1) is 9.91. The minimum absolute atomic E-state index is 0.0550. The van der Waals surface area contributed by atoms with E-state index in [-0.39, 0.29) is 6.54 Å². The molecule has 0 radical (unpaired) electrons. The van der Waals surface area contributed by atoms with Crippen molar-refractivity contribution in [2.24, 2.45) is 0 Å². The molecule has 7 heteroatoms. The fraction of sp³-hybridized carbons (Fsp3) is 0.0714. The van der Waals surface area contributed by atoms with Gasteiger partial charge in [0.05, 0.1) is 5.56 Å². The fourth-order valence-corrected chi connectivity index (χ4v) is 2.09. The maximum absolute atomic E-state index is 13.6. The van der Waals surface area contributed by atoms with Crippen molar-refractivity contribution in [3.63, 3.8) is 0 Å². The van der Waals surface area contributed by atoms with Gasteiger partial charge >= 0.3 is 0 Å². The molecule has 21 heavy (non-hydrogen) atoms. The second-order valence-corrected chi connectivity index (χ2v) is 5.01. The number of phenolic OH excluding ortho intramolecular Hbond substituents is 1. The Labute approximate surface area is 126 Å². The zero-order valence-corrected chi connectivity index (χ0v) is 12.0. The molecule has 0 saturated heterocycles. The predicted octanol–water partition coefficient (Wildman–Crippen LogP) is 3.50. The number of hydrogen-bond acceptors (Lipinski definition) is 2. The Hall–Kier alpha value is -2.02. The fourth-order valence-electron chi connectivity index (χ4n) is 1.67. The molecule has 0 atom stereocenters. The Morgan fingerprint density at radius 2 is 1.86 bits per heavy atom. The molecule has 0 heterocycles. The first-order valence-corrected chi connectivity index (χ1v) is 6.59. The number of phenols is 1. The van der Waals surface area contributed by atoms with Crippen LogP contribution in [0.25, 0.3) is 0 Å². The Bertz CT molecular complexity index is 707. The molecule has 0 fully saturated rings. The monoisotopic (exact) mass is 359 g/mol. The van der Waals surface area contributed by atoms with Crippen molar-refractivity contribution in [2.75, 3.05) is 0 Å². The van der Waals surface area contributed by atoms with Gasteiger partial charge in [0.1, 0.15) is 0 Å². The van der Waals surface area contributed by atoms with Gasteiger partial charge in [0.15, 0.2) is 17.4 Å². The number of aromatic hydroxyl groups is 1. The summed E-state index contributed by atoms with van der Waals surface area (Å²) in [5, 5.41) is 11.4. The average molecular weight is 360 g/mol. The number of carbonyl (C=O) groups excluding carboxylic acids is 1. The molecule has 3 nitrogen and oxygen atoms in total. The second kappa shape index (κ2) is 6.17. The van der Waals surface area contributed by atoms with Crippen LogP contribution in [0.2, 0.25) is 0 Å². The largest absolute Gasteiger partial charge is 0.503 e. The highest BCUT2D eigenvalue weighted by Gasteiger charge is 2.22. The summed E-state index contributed by atoms with van der Waals surface area (Å²) in [6, 6.07) is 7.41. The van der Waals surface area contributed by atoms with Crippen molar-refractivity contribution in [3.05, 3.63) is 63.4 Å². The molecule has 0 aliphatic carbocycles. The van der Waals surface area contributed by atoms with Crippen LogP contribution in [-0.2, 0) is 6.54 Å². The number of rotatable bonds is 3. The van der Waals surface area contributed by atoms with Crippen LogP contribution in [0.1, 0.15) is 15.9 Å². The Morgan fingerprint density at radius 3 is 2.52 bits per heavy atom. The lowest BCUT2D eigenvalue weighted by molar-refractivity contribution is 0.0945. The first-order valence-electron chi connectivity index (χ1n) is 5.80. The number of carbonyl (C=O) groups is 1. The van der Waals surface area contributed by atoms with Crippen molar-refractivity contribution in [1.29, 1.82) is 0 Å². The minimum atomic E-state index is -1.73. The third kappa shape index (κ3) is 3.18. The van der Waals surface area contributed by atoms with Crippen LogP contribution in [0, 0.1) is 17.5 Å². The normalized spacial score (nSPS) is 10.5. The standard InChI is InChI=1S/C14H9BrF3NO2/c15-9-4-2-1-3-7(9)6-19-14(21)8-5-10(16)12(18)13(20)11(8)17/h1-5,20H,6H2,(H,19,21). The molecular formula is C14H9BrF3NO2. The predicted molar refractivity (Wildman–Crippen MR) is 73.3 cm³/mol. The van der Waals surface area contributed by atoms with E-state index in [9.17, 15) is 18.0 Å². The lowest BCUT2D eigenvalue weighted by Gasteiger charge is -2.09. The highest BCUT2D eigenvalue weighted by molar-refractivity contribution is 9.10. The van der Waals surface area contributed by atoms with Gasteiger partial charge in [0, 0.05) is 11.0 Å². The summed E-state index contributed by atoms with van der Waals surface area (Å²) in [4.78, 5) is 11.8. The van der Waals surface area contributed by atoms with E-state index in [1.165, 1.54) is 0 Å².